The van der Waals surface area contributed by atoms with E-state index >= 15 is 0 Å². The molecule has 1 atom stereocenters. The number of hydrogen-bond donors (Lipinski definition) is 2. The van der Waals surface area contributed by atoms with Gasteiger partial charge in [0.15, 0.2) is 0 Å². The van der Waals surface area contributed by atoms with Gasteiger partial charge in [-0.05, 0) is 31.4 Å². The van der Waals surface area contributed by atoms with Gasteiger partial charge < -0.3 is 15.5 Å². The van der Waals surface area contributed by atoms with Gasteiger partial charge in [-0.2, -0.15) is 0 Å². The summed E-state index contributed by atoms with van der Waals surface area (Å²) in [5, 5.41) is 5.57. The third kappa shape index (κ3) is 3.46. The first kappa shape index (κ1) is 14.3. The third-order valence-corrected chi connectivity index (χ3v) is 3.31. The number of carbonyl (C=O) groups excluding carboxylic acids is 2. The van der Waals surface area contributed by atoms with Crippen molar-refractivity contribution in [3.8, 4) is 0 Å². The van der Waals surface area contributed by atoms with Crippen molar-refractivity contribution in [3.63, 3.8) is 0 Å². The Morgan fingerprint density at radius 1 is 1.40 bits per heavy atom. The minimum atomic E-state index is -0.446. The first-order valence-corrected chi connectivity index (χ1v) is 6.80. The Bertz CT molecular complexity index is 484. The third-order valence-electron chi connectivity index (χ3n) is 3.31. The molecule has 6 nitrogen and oxygen atoms in total. The molecule has 0 saturated carbocycles. The molecular weight excluding hydrogens is 256 g/mol. The second-order valence-corrected chi connectivity index (χ2v) is 5.11. The van der Waals surface area contributed by atoms with Crippen molar-refractivity contribution in [2.24, 2.45) is 0 Å². The first-order chi connectivity index (χ1) is 9.58. The molecule has 1 aliphatic heterocycles. The molecule has 2 amide bonds. The second-order valence-electron chi connectivity index (χ2n) is 5.11. The normalized spacial score (nSPS) is 18.9. The molecule has 1 saturated heterocycles. The van der Waals surface area contributed by atoms with E-state index in [4.69, 9.17) is 0 Å². The van der Waals surface area contributed by atoms with Crippen LogP contribution >= 0.6 is 0 Å². The van der Waals surface area contributed by atoms with Crippen LogP contribution in [0.25, 0.3) is 0 Å². The molecule has 1 aliphatic rings. The van der Waals surface area contributed by atoms with Crippen molar-refractivity contribution in [3.05, 3.63) is 23.9 Å². The van der Waals surface area contributed by atoms with Crippen LogP contribution in [0, 0.1) is 0 Å². The number of carbonyl (C=O) groups is 2. The lowest BCUT2D eigenvalue weighted by atomic mass is 10.1. The highest BCUT2D eigenvalue weighted by Crippen LogP contribution is 2.10. The SMILES string of the molecule is CN(C)c1ccc(C(=O)N[C@H]2CCCCNC2=O)cn1. The number of pyridine rings is 1. The molecule has 1 aromatic rings. The molecule has 2 N–H and O–H groups in total. The molecule has 0 aliphatic carbocycles. The van der Waals surface area contributed by atoms with Crippen molar-refractivity contribution in [1.29, 1.82) is 0 Å². The molecule has 6 heteroatoms. The van der Waals surface area contributed by atoms with Gasteiger partial charge in [0.25, 0.3) is 5.91 Å². The van der Waals surface area contributed by atoms with Gasteiger partial charge in [0, 0.05) is 26.8 Å². The average Bonchev–Trinajstić information content (AvgIpc) is 2.64. The van der Waals surface area contributed by atoms with Gasteiger partial charge in [-0.15, -0.1) is 0 Å². The molecule has 0 bridgehead atoms. The molecular formula is C14H20N4O2. The Kier molecular flexibility index (Phi) is 4.55. The largest absolute Gasteiger partial charge is 0.363 e. The van der Waals surface area contributed by atoms with Gasteiger partial charge in [-0.3, -0.25) is 9.59 Å². The van der Waals surface area contributed by atoms with E-state index in [0.717, 1.165) is 18.7 Å². The zero-order valence-electron chi connectivity index (χ0n) is 11.8. The van der Waals surface area contributed by atoms with Crippen molar-refractivity contribution in [2.75, 3.05) is 25.5 Å². The predicted octanol–water partition coefficient (Wildman–Crippen LogP) is 0.546. The van der Waals surface area contributed by atoms with Crippen LogP contribution in [0.4, 0.5) is 5.82 Å². The Morgan fingerprint density at radius 3 is 2.85 bits per heavy atom. The van der Waals surface area contributed by atoms with E-state index in [1.165, 1.54) is 6.20 Å². The highest BCUT2D eigenvalue weighted by Gasteiger charge is 2.22. The average molecular weight is 276 g/mol. The van der Waals surface area contributed by atoms with Crippen LogP contribution in [0.5, 0.6) is 0 Å². The lowest BCUT2D eigenvalue weighted by molar-refractivity contribution is -0.122. The van der Waals surface area contributed by atoms with E-state index in [-0.39, 0.29) is 11.8 Å². The van der Waals surface area contributed by atoms with Crippen LogP contribution in [0.3, 0.4) is 0 Å². The van der Waals surface area contributed by atoms with Gasteiger partial charge in [-0.25, -0.2) is 4.98 Å². The zero-order chi connectivity index (χ0) is 14.5. The van der Waals surface area contributed by atoms with E-state index in [1.807, 2.05) is 19.0 Å². The second kappa shape index (κ2) is 6.36. The number of aromatic nitrogens is 1. The summed E-state index contributed by atoms with van der Waals surface area (Å²) in [6.45, 7) is 0.685. The van der Waals surface area contributed by atoms with Crippen LogP contribution in [-0.2, 0) is 4.79 Å². The van der Waals surface area contributed by atoms with E-state index in [0.29, 0.717) is 18.5 Å². The molecule has 2 rings (SSSR count). The lowest BCUT2D eigenvalue weighted by Crippen LogP contribution is -2.45. The van der Waals surface area contributed by atoms with Crippen LogP contribution in [0.1, 0.15) is 29.6 Å². The summed E-state index contributed by atoms with van der Waals surface area (Å²) in [6.07, 6.45) is 4.10. The van der Waals surface area contributed by atoms with Gasteiger partial charge in [0.1, 0.15) is 11.9 Å². The molecule has 0 unspecified atom stereocenters. The smallest absolute Gasteiger partial charge is 0.253 e. The fourth-order valence-corrected chi connectivity index (χ4v) is 2.10. The summed E-state index contributed by atoms with van der Waals surface area (Å²) in [5.74, 6) is 0.423. The van der Waals surface area contributed by atoms with E-state index in [2.05, 4.69) is 15.6 Å². The lowest BCUT2D eigenvalue weighted by Gasteiger charge is -2.15. The Labute approximate surface area is 118 Å². The summed E-state index contributed by atoms with van der Waals surface area (Å²) < 4.78 is 0. The van der Waals surface area contributed by atoms with E-state index < -0.39 is 6.04 Å². The molecule has 0 radical (unpaired) electrons. The maximum atomic E-state index is 12.1. The molecule has 108 valence electrons. The van der Waals surface area contributed by atoms with Crippen LogP contribution in [0.2, 0.25) is 0 Å². The van der Waals surface area contributed by atoms with Crippen molar-refractivity contribution in [1.82, 2.24) is 15.6 Å². The van der Waals surface area contributed by atoms with Crippen LogP contribution in [0.15, 0.2) is 18.3 Å². The van der Waals surface area contributed by atoms with Gasteiger partial charge in [0.2, 0.25) is 5.91 Å². The number of rotatable bonds is 3. The van der Waals surface area contributed by atoms with Gasteiger partial charge >= 0.3 is 0 Å². The quantitative estimate of drug-likeness (QED) is 0.845. The highest BCUT2D eigenvalue weighted by molar-refractivity contribution is 5.97. The molecule has 20 heavy (non-hydrogen) atoms. The number of anilines is 1. The first-order valence-electron chi connectivity index (χ1n) is 6.80. The summed E-state index contributed by atoms with van der Waals surface area (Å²) in [6, 6.07) is 3.05. The number of amides is 2. The van der Waals surface area contributed by atoms with Crippen molar-refractivity contribution >= 4 is 17.6 Å². The molecule has 1 aromatic heterocycles. The molecule has 0 spiro atoms. The topological polar surface area (TPSA) is 74.3 Å². The molecule has 1 fully saturated rings. The van der Waals surface area contributed by atoms with Gasteiger partial charge in [-0.1, -0.05) is 0 Å². The van der Waals surface area contributed by atoms with E-state index in [1.54, 1.807) is 12.1 Å². The van der Waals surface area contributed by atoms with E-state index in [9.17, 15) is 9.59 Å². The highest BCUT2D eigenvalue weighted by atomic mass is 16.2. The standard InChI is InChI=1S/C14H20N4O2/c1-18(2)12-7-6-10(9-16-12)13(19)17-11-5-3-4-8-15-14(11)20/h6-7,9,11H,3-5,8H2,1-2H3,(H,15,20)(H,17,19)/t11-/m0/s1. The number of nitrogens with zero attached hydrogens (tertiary/aromatic N) is 2. The fraction of sp³-hybridized carbons (Fsp3) is 0.500. The van der Waals surface area contributed by atoms with Crippen LogP contribution < -0.4 is 15.5 Å². The fourth-order valence-electron chi connectivity index (χ4n) is 2.10. The minimum Gasteiger partial charge on any atom is -0.363 e. The maximum absolute atomic E-state index is 12.1. The summed E-state index contributed by atoms with van der Waals surface area (Å²) in [4.78, 5) is 29.9. The minimum absolute atomic E-state index is 0.103. The Morgan fingerprint density at radius 2 is 2.20 bits per heavy atom. The van der Waals surface area contributed by atoms with Crippen LogP contribution in [-0.4, -0.2) is 43.5 Å². The maximum Gasteiger partial charge on any atom is 0.253 e. The molecule has 0 aromatic carbocycles. The number of nitrogens with one attached hydrogen (secondary N) is 2. The number of hydrogen-bond acceptors (Lipinski definition) is 4. The Hall–Kier alpha value is -2.11. The predicted molar refractivity (Wildman–Crippen MR) is 76.7 cm³/mol. The molecule has 2 heterocycles. The monoisotopic (exact) mass is 276 g/mol. The summed E-state index contributed by atoms with van der Waals surface area (Å²) >= 11 is 0. The zero-order valence-corrected chi connectivity index (χ0v) is 11.8. The Balaban J connectivity index is 2.01. The van der Waals surface area contributed by atoms with Gasteiger partial charge in [0.05, 0.1) is 5.56 Å². The van der Waals surface area contributed by atoms with Crippen molar-refractivity contribution in [2.45, 2.75) is 25.3 Å². The summed E-state index contributed by atoms with van der Waals surface area (Å²) in [7, 11) is 3.77. The van der Waals surface area contributed by atoms with Crippen molar-refractivity contribution < 1.29 is 9.59 Å². The summed E-state index contributed by atoms with van der Waals surface area (Å²) in [5.41, 5.74) is 0.465.